The van der Waals surface area contributed by atoms with Crippen molar-refractivity contribution < 1.29 is 118 Å². The highest BCUT2D eigenvalue weighted by Crippen LogP contribution is 2.58. The summed E-state index contributed by atoms with van der Waals surface area (Å²) in [5.74, 6) is -15.8. The molecule has 6 aromatic carbocycles. The molecule has 0 unspecified atom stereocenters. The number of fused-ring (bicyclic) bond motifs is 15. The Balaban J connectivity index is 0.980. The lowest BCUT2D eigenvalue weighted by molar-refractivity contribution is -0.277. The Bertz CT molecular complexity index is 4870. The summed E-state index contributed by atoms with van der Waals surface area (Å²) in [6.45, 7) is 5.83. The number of Topliss-reactive ketones (excluding diaryl/α,β-unsaturated/α-hetero) is 3. The Morgan fingerprint density at radius 3 is 1.88 bits per heavy atom. The first kappa shape index (κ1) is 87.6. The zero-order chi connectivity index (χ0) is 85.8. The van der Waals surface area contributed by atoms with Crippen LogP contribution < -0.4 is 66.2 Å². The molecule has 32 nitrogen and oxygen atoms in total. The van der Waals surface area contributed by atoms with Gasteiger partial charge in [0.2, 0.25) is 41.6 Å². The number of nitrogens with one attached hydrogen (secondary N) is 8. The fourth-order valence-corrected chi connectivity index (χ4v) is 18.4. The van der Waals surface area contributed by atoms with E-state index in [4.69, 9.17) is 51.6 Å². The number of likely N-dealkylation sites (N-methyl/N-ethyl adjacent to an activating group) is 2. The van der Waals surface area contributed by atoms with Crippen molar-refractivity contribution in [3.05, 3.63) is 135 Å². The maximum absolute atomic E-state index is 16.6. The van der Waals surface area contributed by atoms with Gasteiger partial charge in [-0.2, -0.15) is 0 Å². The van der Waals surface area contributed by atoms with Gasteiger partial charge in [-0.1, -0.05) is 62.2 Å². The van der Waals surface area contributed by atoms with E-state index in [9.17, 15) is 60.3 Å². The molecule has 10 aliphatic rings. The molecule has 1 saturated heterocycles. The third-order valence-electron chi connectivity index (χ3n) is 23.8. The number of benzene rings is 6. The van der Waals surface area contributed by atoms with Gasteiger partial charge in [-0.3, -0.25) is 43.7 Å². The van der Waals surface area contributed by atoms with Crippen LogP contribution in [0.3, 0.4) is 0 Å². The van der Waals surface area contributed by atoms with Crippen molar-refractivity contribution in [2.24, 2.45) is 47.3 Å². The molecule has 120 heavy (non-hydrogen) atoms. The Morgan fingerprint density at radius 2 is 1.26 bits per heavy atom. The largest absolute Gasteiger partial charge is 0.508 e. The number of anilines is 1. The molecule has 14 atom stereocenters. The summed E-state index contributed by atoms with van der Waals surface area (Å²) in [4.78, 5) is 139. The number of amides is 7. The van der Waals surface area contributed by atoms with Gasteiger partial charge in [-0.25, -0.2) is 4.79 Å². The number of aromatic hydroxyl groups is 3. The van der Waals surface area contributed by atoms with Gasteiger partial charge in [0.15, 0.2) is 40.3 Å². The maximum Gasteiger partial charge on any atom is 0.325 e. The SMILES string of the molecule is CC[C@H](CC(C)C)C(=O)N[C@H]1C(=O)C[C@@H](CC(=O)NC(=O)Nc2ccc(OCCNC)c(OCCNC)c2)C(=O)N[C@H]2C(=O)C[C@H]3C(=O)N[C@H](C(=O)N[C@H](C(=O)CC4C5CC6CC(C5)CC4C6)c4cc(O)cc(O)c4-c4cc3ccc4O)[C@H](O)c3ccc(c(Cl)c3)Oc3cc2cc(c3O[C@@H]2O[C@H](CO)[C@@H](O)[C@H](O)[C@H]2O)Oc2ccc(cc2Cl)[C@H]1O. The number of carbonyl (C=O) groups is 9. The molecule has 6 heterocycles. The highest BCUT2D eigenvalue weighted by molar-refractivity contribution is 6.32. The van der Waals surface area contributed by atoms with E-state index < -0.39 is 204 Å². The van der Waals surface area contributed by atoms with Crippen LogP contribution in [0.2, 0.25) is 10.0 Å². The molecule has 6 aliphatic heterocycles. The first-order valence-corrected chi connectivity index (χ1v) is 41.1. The molecule has 4 aliphatic carbocycles. The molecule has 5 fully saturated rings. The number of carbonyl (C=O) groups excluding carboxylic acids is 9. The second-order valence-corrected chi connectivity index (χ2v) is 33.4. The van der Waals surface area contributed by atoms with Crippen molar-refractivity contribution in [2.75, 3.05) is 52.3 Å². The summed E-state index contributed by atoms with van der Waals surface area (Å²) < 4.78 is 37.5. The topological polar surface area (TPSA) is 487 Å². The Hall–Kier alpha value is -10.2. The number of imide groups is 1. The van der Waals surface area contributed by atoms with Crippen LogP contribution in [-0.2, 0) is 43.1 Å². The summed E-state index contributed by atoms with van der Waals surface area (Å²) in [5.41, 5.74) is -1.57. The Morgan fingerprint density at radius 1 is 0.625 bits per heavy atom. The van der Waals surface area contributed by atoms with Crippen LogP contribution in [0.1, 0.15) is 149 Å². The molecule has 15 bridgehead atoms. The minimum atomic E-state index is -2.24. The number of aliphatic hydroxyl groups is 6. The van der Waals surface area contributed by atoms with E-state index >= 15 is 28.8 Å². The lowest BCUT2D eigenvalue weighted by Gasteiger charge is -2.54. The molecule has 0 radical (unpaired) electrons. The van der Waals surface area contributed by atoms with E-state index in [1.54, 1.807) is 21.0 Å². The molecule has 16 rings (SSSR count). The molecule has 0 aromatic heterocycles. The van der Waals surface area contributed by atoms with Gasteiger partial charge >= 0.3 is 6.03 Å². The van der Waals surface area contributed by atoms with E-state index in [2.05, 4.69) is 42.5 Å². The predicted molar refractivity (Wildman–Crippen MR) is 432 cm³/mol. The molecule has 4 saturated carbocycles. The van der Waals surface area contributed by atoms with Crippen LogP contribution in [0.25, 0.3) is 11.1 Å². The number of phenols is 3. The standard InChI is InChI=1S/C86H100Cl2N8O24/c1-6-41(19-38(2)3)81(110)95-73-59(101)28-48(31-69(104)92-86(114)91-49-10-14-64(115-17-15-89-4)65(32-49)116-18-16-90-5)82(111)93-71-47-29-66(117-62-12-8-43(75(73)105)26-55(62)87)80(120-85-79(109)78(108)77(107)68(37-97)119-85)67(30-47)118-63-13-9-44(27-56(63)88)76(106)74-84(113)94-72(61(103)35-51-45-21-39-20-40(23-45)24-46(51)22-39)54-33-50(98)34-58(100)70(54)53-25-42(7-11-57(53)99)52(36-60(71)102)83(112)96-74/h7-14,25-27,29-30,32-34,38-41,45-46,48,51-52,68,71-79,85,89-90,97-100,105-109H,6,15-24,28,31,35-37H2,1-5H3,(H,93,111)(H,94,113)(H,95,110)(H,96,112)(H2,91,92,104,114)/t39?,40?,41-,45?,46?,48+,51?,52-,68-,71-,72+,73+,74+,75-,76-,77-,78+,79-,85+/m1/s1. The smallest absolute Gasteiger partial charge is 0.325 e. The van der Waals surface area contributed by atoms with E-state index in [1.165, 1.54) is 60.7 Å². The molecule has 0 spiro atoms. The van der Waals surface area contributed by atoms with Gasteiger partial charge in [0.05, 0.1) is 28.5 Å². The second-order valence-electron chi connectivity index (χ2n) is 32.6. The first-order chi connectivity index (χ1) is 57.4. The van der Waals surface area contributed by atoms with Gasteiger partial charge in [-0.05, 0) is 189 Å². The molecule has 17 N–H and O–H groups in total. The average Bonchev–Trinajstić information content (AvgIpc) is 0.757. The second kappa shape index (κ2) is 37.8. The monoisotopic (exact) mass is 1700 g/mol. The van der Waals surface area contributed by atoms with Gasteiger partial charge < -0.3 is 112 Å². The number of phenolic OH excluding ortho intramolecular Hbond substituents is 3. The van der Waals surface area contributed by atoms with E-state index in [0.29, 0.717) is 37.1 Å². The summed E-state index contributed by atoms with van der Waals surface area (Å²) in [5, 5.41) is 126. The third-order valence-corrected chi connectivity index (χ3v) is 24.4. The minimum absolute atomic E-state index is 0.0516. The number of hydrogen-bond donors (Lipinski definition) is 17. The number of ether oxygens (including phenoxy) is 6. The van der Waals surface area contributed by atoms with Gasteiger partial charge in [0, 0.05) is 73.6 Å². The van der Waals surface area contributed by atoms with Crippen LogP contribution in [0.4, 0.5) is 10.5 Å². The number of rotatable bonds is 22. The maximum atomic E-state index is 16.6. The van der Waals surface area contributed by atoms with Crippen LogP contribution in [0.5, 0.6) is 57.5 Å². The number of halogens is 2. The predicted octanol–water partition coefficient (Wildman–Crippen LogP) is 7.29. The van der Waals surface area contributed by atoms with Crippen LogP contribution in [0.15, 0.2) is 97.1 Å². The molecule has 34 heteroatoms. The Labute approximate surface area is 700 Å². The summed E-state index contributed by atoms with van der Waals surface area (Å²) >= 11 is 14.3. The van der Waals surface area contributed by atoms with E-state index in [1.807, 2.05) is 13.8 Å². The highest BCUT2D eigenvalue weighted by atomic mass is 35.5. The fraction of sp³-hybridized carbons (Fsp3) is 0.477. The van der Waals surface area contributed by atoms with Crippen LogP contribution in [0, 0.1) is 47.3 Å². The van der Waals surface area contributed by atoms with Crippen molar-refractivity contribution in [1.29, 1.82) is 0 Å². The quantitative estimate of drug-likeness (QED) is 0.0297. The number of aliphatic hydroxyl groups excluding tert-OH is 6. The van der Waals surface area contributed by atoms with E-state index in [-0.39, 0.29) is 116 Å². The van der Waals surface area contributed by atoms with E-state index in [0.717, 1.165) is 68.5 Å². The lowest BCUT2D eigenvalue weighted by Crippen LogP contribution is -2.60. The van der Waals surface area contributed by atoms with Crippen LogP contribution >= 0.6 is 23.2 Å². The number of hydrogen-bond acceptors (Lipinski definition) is 26. The number of ketones is 3. The molecular weight excluding hydrogens is 1600 g/mol. The zero-order valence-corrected chi connectivity index (χ0v) is 68.0. The van der Waals surface area contributed by atoms with Crippen molar-refractivity contribution in [3.63, 3.8) is 0 Å². The van der Waals surface area contributed by atoms with Crippen molar-refractivity contribution >= 4 is 81.8 Å². The zero-order valence-electron chi connectivity index (χ0n) is 66.5. The van der Waals surface area contributed by atoms with Crippen molar-refractivity contribution in [3.8, 4) is 68.6 Å². The fourth-order valence-electron chi connectivity index (χ4n) is 17.9. The average molecular weight is 1700 g/mol. The number of urea groups is 1. The first-order valence-electron chi connectivity index (χ1n) is 40.3. The minimum Gasteiger partial charge on any atom is -0.508 e. The molecule has 6 aromatic rings. The normalized spacial score (nSPS) is 27.3. The van der Waals surface area contributed by atoms with Gasteiger partial charge in [-0.15, -0.1) is 0 Å². The molecular formula is C86H100Cl2N8O24. The summed E-state index contributed by atoms with van der Waals surface area (Å²) in [7, 11) is 3.46. The van der Waals surface area contributed by atoms with Gasteiger partial charge in [0.25, 0.3) is 0 Å². The highest BCUT2D eigenvalue weighted by Gasteiger charge is 2.51. The van der Waals surface area contributed by atoms with Gasteiger partial charge in [0.1, 0.15) is 103 Å². The molecule has 7 amide bonds. The van der Waals surface area contributed by atoms with Crippen LogP contribution in [-0.4, -0.2) is 189 Å². The summed E-state index contributed by atoms with van der Waals surface area (Å²) in [6, 6.07) is 10.2. The Kier molecular flexibility index (Phi) is 27.6. The lowest BCUT2D eigenvalue weighted by atomic mass is 9.51. The van der Waals surface area contributed by atoms with Crippen molar-refractivity contribution in [2.45, 2.75) is 164 Å². The molecule has 642 valence electrons. The summed E-state index contributed by atoms with van der Waals surface area (Å²) in [6.07, 6.45) is -12.1. The van der Waals surface area contributed by atoms with Crippen molar-refractivity contribution in [1.82, 2.24) is 37.2 Å². The third kappa shape index (κ3) is 19.4.